The first-order valence-electron chi connectivity index (χ1n) is 14.0. The van der Waals surface area contributed by atoms with Crippen molar-refractivity contribution in [3.8, 4) is 0 Å². The maximum absolute atomic E-state index is 12.8. The number of carbonyl (C=O) groups is 3. The fraction of sp³-hybridized carbons (Fsp3) is 0.344. The molecule has 41 heavy (non-hydrogen) atoms. The number of anilines is 1. The van der Waals surface area contributed by atoms with Gasteiger partial charge in [0.15, 0.2) is 0 Å². The number of carbonyl (C=O) groups excluding carboxylic acids is 3. The van der Waals surface area contributed by atoms with Crippen LogP contribution in [0.15, 0.2) is 78.9 Å². The minimum Gasteiger partial charge on any atom is -0.346 e. The number of nitrogens with one attached hydrogen (secondary N) is 3. The fourth-order valence-corrected chi connectivity index (χ4v) is 5.86. The lowest BCUT2D eigenvalue weighted by atomic mass is 9.85. The highest BCUT2D eigenvalue weighted by Crippen LogP contribution is 2.36. The van der Waals surface area contributed by atoms with Gasteiger partial charge in [-0.15, -0.1) is 0 Å². The third kappa shape index (κ3) is 6.55. The number of likely N-dealkylation sites (tertiary alicyclic amines) is 1. The van der Waals surface area contributed by atoms with Crippen LogP contribution in [0.4, 0.5) is 5.69 Å². The summed E-state index contributed by atoms with van der Waals surface area (Å²) in [5.41, 5.74) is 4.00. The molecule has 1 spiro atoms. The Bertz CT molecular complexity index is 1350. The molecule has 3 heterocycles. The summed E-state index contributed by atoms with van der Waals surface area (Å²) in [7, 11) is 0. The number of halogens is 1. The molecular weight excluding hydrogens is 538 g/mol. The molecule has 3 aliphatic rings. The molecule has 6 rings (SSSR count). The molecule has 2 fully saturated rings. The van der Waals surface area contributed by atoms with Crippen LogP contribution in [0.3, 0.4) is 0 Å². The van der Waals surface area contributed by atoms with Gasteiger partial charge in [0, 0.05) is 30.3 Å². The summed E-state index contributed by atoms with van der Waals surface area (Å²) < 4.78 is 0. The smallest absolute Gasteiger partial charge is 0.247 e. The van der Waals surface area contributed by atoms with Crippen molar-refractivity contribution in [2.24, 2.45) is 0 Å². The second kappa shape index (κ2) is 12.7. The highest BCUT2D eigenvalue weighted by atomic mass is 35.5. The van der Waals surface area contributed by atoms with Crippen LogP contribution in [0.5, 0.6) is 0 Å². The molecule has 3 aliphatic heterocycles. The van der Waals surface area contributed by atoms with Crippen LogP contribution < -0.4 is 20.9 Å². The van der Waals surface area contributed by atoms with Gasteiger partial charge in [0.1, 0.15) is 5.54 Å². The van der Waals surface area contributed by atoms with Crippen molar-refractivity contribution in [2.45, 2.75) is 44.3 Å². The Hall–Kier alpha value is -3.88. The van der Waals surface area contributed by atoms with Crippen molar-refractivity contribution in [3.63, 3.8) is 0 Å². The number of benzene rings is 3. The molecule has 3 N–H and O–H groups in total. The summed E-state index contributed by atoms with van der Waals surface area (Å²) in [5.74, 6) is -0.244. The van der Waals surface area contributed by atoms with Gasteiger partial charge in [-0.2, -0.15) is 0 Å². The first kappa shape index (κ1) is 28.6. The van der Waals surface area contributed by atoms with Gasteiger partial charge >= 0.3 is 0 Å². The van der Waals surface area contributed by atoms with E-state index in [0.29, 0.717) is 45.6 Å². The molecule has 9 heteroatoms. The monoisotopic (exact) mass is 573 g/mol. The van der Waals surface area contributed by atoms with E-state index in [1.165, 1.54) is 16.7 Å². The third-order valence-electron chi connectivity index (χ3n) is 8.17. The standard InChI is InChI=1S/C25H29N5O3.C7H7Cl/c31-22(16-27-23(32)21-14-18-6-4-5-7-19(18)15-26-21)29-12-10-25(11-13-29)24(33)28-17-30(25)20-8-2-1-3-9-20;1-6-2-4-7(8)5-3-6/h1-9,21,26H,10-17H2,(H,27,32)(H,28,33);2-5H,1H3/t21-;/m1./s1. The number of nitrogens with zero attached hydrogens (tertiary/aromatic N) is 2. The summed E-state index contributed by atoms with van der Waals surface area (Å²) in [6.45, 7) is 4.11. The predicted molar refractivity (Wildman–Crippen MR) is 160 cm³/mol. The molecule has 0 aromatic heterocycles. The van der Waals surface area contributed by atoms with Gasteiger partial charge in [-0.1, -0.05) is 71.8 Å². The molecule has 0 unspecified atom stereocenters. The number of piperidine rings is 1. The van der Waals surface area contributed by atoms with Gasteiger partial charge in [0.25, 0.3) is 0 Å². The van der Waals surface area contributed by atoms with Crippen LogP contribution in [-0.2, 0) is 27.3 Å². The van der Waals surface area contributed by atoms with Crippen LogP contribution >= 0.6 is 11.6 Å². The summed E-state index contributed by atoms with van der Waals surface area (Å²) in [5, 5.41) is 9.83. The molecule has 0 aliphatic carbocycles. The van der Waals surface area contributed by atoms with E-state index in [0.717, 1.165) is 10.7 Å². The van der Waals surface area contributed by atoms with Gasteiger partial charge in [-0.25, -0.2) is 0 Å². The molecule has 1 atom stereocenters. The molecule has 3 aromatic rings. The molecule has 0 saturated carbocycles. The molecule has 3 amide bonds. The second-order valence-electron chi connectivity index (χ2n) is 10.8. The van der Waals surface area contributed by atoms with Crippen molar-refractivity contribution in [2.75, 3.05) is 31.2 Å². The quantitative estimate of drug-likeness (QED) is 0.445. The minimum absolute atomic E-state index is 0.0235. The Morgan fingerprint density at radius 1 is 0.951 bits per heavy atom. The highest BCUT2D eigenvalue weighted by molar-refractivity contribution is 6.30. The van der Waals surface area contributed by atoms with Gasteiger partial charge in [0.05, 0.1) is 19.3 Å². The second-order valence-corrected chi connectivity index (χ2v) is 11.2. The normalized spacial score (nSPS) is 19.1. The average Bonchev–Trinajstić information content (AvgIpc) is 3.32. The number of amides is 3. The number of rotatable bonds is 4. The SMILES string of the molecule is Cc1ccc(Cl)cc1.O=C(NCC(=O)N1CCC2(CC1)C(=O)NCN2c1ccccc1)[C@H]1Cc2ccccc2CN1. The van der Waals surface area contributed by atoms with E-state index in [1.54, 1.807) is 4.90 Å². The van der Waals surface area contributed by atoms with Crippen LogP contribution in [0.25, 0.3) is 0 Å². The molecule has 3 aromatic carbocycles. The van der Waals surface area contributed by atoms with Crippen molar-refractivity contribution in [3.05, 3.63) is 101 Å². The molecule has 214 valence electrons. The maximum atomic E-state index is 12.8. The maximum Gasteiger partial charge on any atom is 0.247 e. The summed E-state index contributed by atoms with van der Waals surface area (Å²) in [6.07, 6.45) is 1.75. The predicted octanol–water partition coefficient (Wildman–Crippen LogP) is 3.42. The minimum atomic E-state index is -0.624. The number of fused-ring (bicyclic) bond motifs is 1. The van der Waals surface area contributed by atoms with E-state index < -0.39 is 5.54 Å². The Morgan fingerprint density at radius 2 is 1.61 bits per heavy atom. The van der Waals surface area contributed by atoms with Gasteiger partial charge in [0.2, 0.25) is 17.7 Å². The number of para-hydroxylation sites is 1. The van der Waals surface area contributed by atoms with Crippen LogP contribution in [0.1, 0.15) is 29.5 Å². The van der Waals surface area contributed by atoms with Gasteiger partial charge in [-0.05, 0) is 61.6 Å². The summed E-state index contributed by atoms with van der Waals surface area (Å²) in [4.78, 5) is 42.1. The molecule has 8 nitrogen and oxygen atoms in total. The first-order valence-corrected chi connectivity index (χ1v) is 14.4. The highest BCUT2D eigenvalue weighted by Gasteiger charge is 2.50. The van der Waals surface area contributed by atoms with Crippen molar-refractivity contribution < 1.29 is 14.4 Å². The zero-order valence-electron chi connectivity index (χ0n) is 23.2. The number of hydrogen-bond donors (Lipinski definition) is 3. The van der Waals surface area contributed by atoms with Crippen LogP contribution in [-0.4, -0.2) is 60.5 Å². The van der Waals surface area contributed by atoms with Crippen molar-refractivity contribution in [1.29, 1.82) is 0 Å². The van der Waals surface area contributed by atoms with E-state index in [1.807, 2.05) is 79.7 Å². The van der Waals surface area contributed by atoms with Crippen molar-refractivity contribution >= 4 is 35.0 Å². The van der Waals surface area contributed by atoms with Crippen LogP contribution in [0.2, 0.25) is 5.02 Å². The third-order valence-corrected chi connectivity index (χ3v) is 8.42. The van der Waals surface area contributed by atoms with Crippen molar-refractivity contribution in [1.82, 2.24) is 20.9 Å². The molecule has 0 radical (unpaired) electrons. The van der Waals surface area contributed by atoms with Gasteiger partial charge in [-0.3, -0.25) is 14.4 Å². The lowest BCUT2D eigenvalue weighted by molar-refractivity contribution is -0.136. The van der Waals surface area contributed by atoms with E-state index >= 15 is 0 Å². The number of aryl methyl sites for hydroxylation is 1. The Morgan fingerprint density at radius 3 is 2.29 bits per heavy atom. The Kier molecular flexibility index (Phi) is 8.90. The topological polar surface area (TPSA) is 93.8 Å². The van der Waals surface area contributed by atoms with Crippen LogP contribution in [0, 0.1) is 6.92 Å². The number of hydrogen-bond acceptors (Lipinski definition) is 5. The zero-order valence-corrected chi connectivity index (χ0v) is 24.0. The van der Waals surface area contributed by atoms with E-state index in [9.17, 15) is 14.4 Å². The molecule has 0 bridgehead atoms. The first-order chi connectivity index (χ1) is 19.9. The molecular formula is C32H36ClN5O3. The fourth-order valence-electron chi connectivity index (χ4n) is 5.73. The average molecular weight is 574 g/mol. The van der Waals surface area contributed by atoms with E-state index in [4.69, 9.17) is 11.6 Å². The summed E-state index contributed by atoms with van der Waals surface area (Å²) >= 11 is 5.61. The Labute approximate surface area is 246 Å². The Balaban J connectivity index is 0.000000365. The largest absolute Gasteiger partial charge is 0.346 e. The van der Waals surface area contributed by atoms with E-state index in [-0.39, 0.29) is 30.3 Å². The lowest BCUT2D eigenvalue weighted by Crippen LogP contribution is -2.58. The van der Waals surface area contributed by atoms with Gasteiger partial charge < -0.3 is 25.8 Å². The zero-order chi connectivity index (χ0) is 28.8. The lowest BCUT2D eigenvalue weighted by Gasteiger charge is -2.43. The molecule has 2 saturated heterocycles. The summed E-state index contributed by atoms with van der Waals surface area (Å²) in [6, 6.07) is 25.4. The van der Waals surface area contributed by atoms with E-state index in [2.05, 4.69) is 26.9 Å².